The molecule has 0 aliphatic carbocycles. The van der Waals surface area contributed by atoms with Gasteiger partial charge in [0.25, 0.3) is 0 Å². The highest BCUT2D eigenvalue weighted by atomic mass is 19.1. The van der Waals surface area contributed by atoms with Crippen LogP contribution in [0.2, 0.25) is 0 Å². The molecule has 0 bridgehead atoms. The van der Waals surface area contributed by atoms with Crippen LogP contribution in [0.4, 0.5) is 10.3 Å². The Morgan fingerprint density at radius 1 is 1.25 bits per heavy atom. The van der Waals surface area contributed by atoms with Gasteiger partial charge in [0.1, 0.15) is 5.82 Å². The molecule has 5 heteroatoms. The van der Waals surface area contributed by atoms with Crippen LogP contribution in [-0.2, 0) is 0 Å². The second-order valence-electron chi connectivity index (χ2n) is 4.49. The monoisotopic (exact) mass is 270 g/mol. The second kappa shape index (κ2) is 6.11. The third-order valence-corrected chi connectivity index (χ3v) is 2.71. The summed E-state index contributed by atoms with van der Waals surface area (Å²) in [6.45, 7) is 4.68. The Morgan fingerprint density at radius 2 is 2.05 bits per heavy atom. The van der Waals surface area contributed by atoms with E-state index in [-0.39, 0.29) is 5.56 Å². The summed E-state index contributed by atoms with van der Waals surface area (Å²) in [5.74, 6) is 0.0722. The predicted octanol–water partition coefficient (Wildman–Crippen LogP) is 3.28. The molecular weight excluding hydrogens is 255 g/mol. The summed E-state index contributed by atoms with van der Waals surface area (Å²) >= 11 is 0. The average molecular weight is 270 g/mol. The van der Waals surface area contributed by atoms with Crippen LogP contribution < -0.4 is 5.32 Å². The molecule has 1 N–H and O–H groups in total. The van der Waals surface area contributed by atoms with Crippen LogP contribution in [0.15, 0.2) is 24.3 Å². The van der Waals surface area contributed by atoms with Crippen LogP contribution >= 0.6 is 0 Å². The van der Waals surface area contributed by atoms with Gasteiger partial charge < -0.3 is 5.32 Å². The van der Waals surface area contributed by atoms with Crippen LogP contribution in [0.3, 0.4) is 0 Å². The number of aryl methyl sites for hydroxylation is 1. The third-order valence-electron chi connectivity index (χ3n) is 2.71. The Labute approximate surface area is 117 Å². The molecule has 0 unspecified atom stereocenters. The molecule has 2 rings (SSSR count). The molecule has 1 heterocycles. The minimum absolute atomic E-state index is 0.277. The normalized spacial score (nSPS) is 10.1. The third kappa shape index (κ3) is 3.29. The maximum Gasteiger partial charge on any atom is 0.223 e. The van der Waals surface area contributed by atoms with Crippen molar-refractivity contribution in [2.45, 2.75) is 20.3 Å². The minimum Gasteiger partial charge on any atom is -0.354 e. The standard InChI is InChI=1S/C15H15FN4/c1-3-4-18-15-19-10(2)5-14(20-15)12-6-11(9-17)7-13(16)8-12/h5-8H,3-4H2,1-2H3,(H,18,19,20). The Morgan fingerprint density at radius 3 is 2.75 bits per heavy atom. The number of anilines is 1. The highest BCUT2D eigenvalue weighted by molar-refractivity contribution is 5.63. The smallest absolute Gasteiger partial charge is 0.223 e. The van der Waals surface area contributed by atoms with Crippen LogP contribution in [0.25, 0.3) is 11.3 Å². The zero-order valence-corrected chi connectivity index (χ0v) is 11.4. The molecule has 4 nitrogen and oxygen atoms in total. The molecule has 1 aromatic carbocycles. The van der Waals surface area contributed by atoms with Gasteiger partial charge in [-0.2, -0.15) is 5.26 Å². The Bertz CT molecular complexity index is 661. The molecule has 0 amide bonds. The number of nitriles is 1. The number of nitrogens with zero attached hydrogens (tertiary/aromatic N) is 3. The van der Waals surface area contributed by atoms with Gasteiger partial charge in [-0.05, 0) is 37.6 Å². The highest BCUT2D eigenvalue weighted by Gasteiger charge is 2.07. The van der Waals surface area contributed by atoms with Gasteiger partial charge in [-0.25, -0.2) is 14.4 Å². The van der Waals surface area contributed by atoms with Crippen molar-refractivity contribution in [1.82, 2.24) is 9.97 Å². The molecule has 0 aliphatic heterocycles. The lowest BCUT2D eigenvalue weighted by Crippen LogP contribution is -2.05. The van der Waals surface area contributed by atoms with Crippen molar-refractivity contribution < 1.29 is 4.39 Å². The number of hydrogen-bond acceptors (Lipinski definition) is 4. The first-order valence-electron chi connectivity index (χ1n) is 6.43. The molecule has 0 saturated carbocycles. The molecule has 2 aromatic rings. The van der Waals surface area contributed by atoms with Crippen LogP contribution in [-0.4, -0.2) is 16.5 Å². The fourth-order valence-electron chi connectivity index (χ4n) is 1.83. The molecular formula is C15H15FN4. The summed E-state index contributed by atoms with van der Waals surface area (Å²) < 4.78 is 13.5. The first-order valence-corrected chi connectivity index (χ1v) is 6.43. The van der Waals surface area contributed by atoms with Crippen LogP contribution in [0.5, 0.6) is 0 Å². The van der Waals surface area contributed by atoms with Gasteiger partial charge in [0, 0.05) is 17.8 Å². The van der Waals surface area contributed by atoms with Gasteiger partial charge in [0.15, 0.2) is 0 Å². The average Bonchev–Trinajstić information content (AvgIpc) is 2.43. The van der Waals surface area contributed by atoms with Crippen LogP contribution in [0.1, 0.15) is 24.6 Å². The van der Waals surface area contributed by atoms with Crippen molar-refractivity contribution >= 4 is 5.95 Å². The van der Waals surface area contributed by atoms with E-state index in [1.807, 2.05) is 13.0 Å². The summed E-state index contributed by atoms with van der Waals surface area (Å²) in [4.78, 5) is 8.64. The van der Waals surface area contributed by atoms with Gasteiger partial charge in [0.05, 0.1) is 17.3 Å². The van der Waals surface area contributed by atoms with Gasteiger partial charge >= 0.3 is 0 Å². The molecule has 0 spiro atoms. The fourth-order valence-corrected chi connectivity index (χ4v) is 1.83. The molecule has 1 aromatic heterocycles. The van der Waals surface area contributed by atoms with E-state index in [9.17, 15) is 4.39 Å². The predicted molar refractivity (Wildman–Crippen MR) is 75.7 cm³/mol. The summed E-state index contributed by atoms with van der Waals surface area (Å²) in [6.07, 6.45) is 0.963. The molecule has 0 atom stereocenters. The zero-order valence-electron chi connectivity index (χ0n) is 11.4. The van der Waals surface area contributed by atoms with Crippen molar-refractivity contribution in [1.29, 1.82) is 5.26 Å². The van der Waals surface area contributed by atoms with Gasteiger partial charge in [-0.1, -0.05) is 6.92 Å². The molecule has 0 saturated heterocycles. The van der Waals surface area contributed by atoms with Crippen LogP contribution in [0, 0.1) is 24.1 Å². The van der Waals surface area contributed by atoms with E-state index in [2.05, 4.69) is 22.2 Å². The van der Waals surface area contributed by atoms with E-state index >= 15 is 0 Å². The van der Waals surface area contributed by atoms with Crippen molar-refractivity contribution in [2.75, 3.05) is 11.9 Å². The topological polar surface area (TPSA) is 61.6 Å². The van der Waals surface area contributed by atoms with E-state index < -0.39 is 5.82 Å². The van der Waals surface area contributed by atoms with Crippen molar-refractivity contribution in [3.05, 3.63) is 41.3 Å². The lowest BCUT2D eigenvalue weighted by molar-refractivity contribution is 0.628. The molecule has 20 heavy (non-hydrogen) atoms. The number of hydrogen-bond donors (Lipinski definition) is 1. The Balaban J connectivity index is 2.44. The van der Waals surface area contributed by atoms with E-state index in [1.165, 1.54) is 12.1 Å². The molecule has 0 aliphatic rings. The van der Waals surface area contributed by atoms with Gasteiger partial charge in [-0.3, -0.25) is 0 Å². The number of rotatable bonds is 4. The Kier molecular flexibility index (Phi) is 4.26. The SMILES string of the molecule is CCCNc1nc(C)cc(-c2cc(F)cc(C#N)c2)n1. The lowest BCUT2D eigenvalue weighted by atomic mass is 10.1. The maximum absolute atomic E-state index is 13.5. The molecule has 102 valence electrons. The summed E-state index contributed by atoms with van der Waals surface area (Å²) in [5.41, 5.74) is 2.24. The summed E-state index contributed by atoms with van der Waals surface area (Å²) in [5, 5.41) is 12.0. The Hall–Kier alpha value is -2.48. The highest BCUT2D eigenvalue weighted by Crippen LogP contribution is 2.21. The summed E-state index contributed by atoms with van der Waals surface area (Å²) in [7, 11) is 0. The van der Waals surface area contributed by atoms with Crippen molar-refractivity contribution in [2.24, 2.45) is 0 Å². The van der Waals surface area contributed by atoms with Gasteiger partial charge in [0.2, 0.25) is 5.95 Å². The van der Waals surface area contributed by atoms with E-state index in [0.717, 1.165) is 18.7 Å². The lowest BCUT2D eigenvalue weighted by Gasteiger charge is -2.08. The number of benzene rings is 1. The fraction of sp³-hybridized carbons (Fsp3) is 0.267. The number of aromatic nitrogens is 2. The van der Waals surface area contributed by atoms with E-state index in [4.69, 9.17) is 5.26 Å². The maximum atomic E-state index is 13.5. The molecule has 0 radical (unpaired) electrons. The first kappa shape index (κ1) is 13.9. The van der Waals surface area contributed by atoms with Crippen molar-refractivity contribution in [3.8, 4) is 17.3 Å². The number of halogens is 1. The summed E-state index contributed by atoms with van der Waals surface area (Å²) in [6, 6.07) is 7.90. The quantitative estimate of drug-likeness (QED) is 0.926. The van der Waals surface area contributed by atoms with E-state index in [0.29, 0.717) is 17.2 Å². The van der Waals surface area contributed by atoms with E-state index in [1.54, 1.807) is 12.1 Å². The van der Waals surface area contributed by atoms with Gasteiger partial charge in [-0.15, -0.1) is 0 Å². The zero-order chi connectivity index (χ0) is 14.5. The first-order chi connectivity index (χ1) is 9.62. The second-order valence-corrected chi connectivity index (χ2v) is 4.49. The largest absolute Gasteiger partial charge is 0.354 e. The minimum atomic E-state index is -0.446. The molecule has 0 fully saturated rings. The van der Waals surface area contributed by atoms with Crippen molar-refractivity contribution in [3.63, 3.8) is 0 Å². The number of nitrogens with one attached hydrogen (secondary N) is 1.